The molecule has 0 saturated heterocycles. The van der Waals surface area contributed by atoms with Crippen LogP contribution in [0.5, 0.6) is 0 Å². The van der Waals surface area contributed by atoms with Gasteiger partial charge in [0.2, 0.25) is 0 Å². The lowest BCUT2D eigenvalue weighted by molar-refractivity contribution is 0.669. The summed E-state index contributed by atoms with van der Waals surface area (Å²) in [6.07, 6.45) is 2.33. The molecule has 1 aliphatic carbocycles. The number of halogens is 2. The van der Waals surface area contributed by atoms with E-state index in [1.807, 2.05) is 25.1 Å². The first-order valence-corrected chi connectivity index (χ1v) is 9.96. The van der Waals surface area contributed by atoms with Gasteiger partial charge in [-0.2, -0.15) is 0 Å². The summed E-state index contributed by atoms with van der Waals surface area (Å²) < 4.78 is 6.24. The molecule has 124 valence electrons. The molecule has 1 aromatic carbocycles. The van der Waals surface area contributed by atoms with Crippen LogP contribution in [-0.2, 0) is 5.75 Å². The smallest absolute Gasteiger partial charge is 0.192 e. The number of hydrogen-bond acceptors (Lipinski definition) is 6. The molecule has 24 heavy (non-hydrogen) atoms. The fraction of sp³-hybridized carbons (Fsp3) is 0.333. The Morgan fingerprint density at radius 3 is 2.71 bits per heavy atom. The summed E-state index contributed by atoms with van der Waals surface area (Å²) in [4.78, 5) is 0.996. The Hall–Kier alpha value is -1.15. The van der Waals surface area contributed by atoms with E-state index in [2.05, 4.69) is 24.4 Å². The van der Waals surface area contributed by atoms with E-state index in [4.69, 9.17) is 23.2 Å². The molecule has 9 heteroatoms. The minimum atomic E-state index is 0.479. The van der Waals surface area contributed by atoms with Gasteiger partial charge < -0.3 is 0 Å². The maximum atomic E-state index is 6.09. The summed E-state index contributed by atoms with van der Waals surface area (Å²) in [6, 6.07) is 6.18. The van der Waals surface area contributed by atoms with Crippen LogP contribution in [0.3, 0.4) is 0 Å². The molecule has 4 rings (SSSR count). The van der Waals surface area contributed by atoms with Gasteiger partial charge in [0.25, 0.3) is 0 Å². The van der Waals surface area contributed by atoms with Crippen molar-refractivity contribution in [3.05, 3.63) is 39.5 Å². The first kappa shape index (κ1) is 16.3. The van der Waals surface area contributed by atoms with Gasteiger partial charge in [-0.05, 0) is 49.0 Å². The molecule has 0 atom stereocenters. The number of hydrogen-bond donors (Lipinski definition) is 0. The lowest BCUT2D eigenvalue weighted by Gasteiger charge is -2.08. The zero-order valence-electron chi connectivity index (χ0n) is 12.7. The third kappa shape index (κ3) is 3.18. The monoisotopic (exact) mass is 397 g/mol. The molecule has 2 heterocycles. The molecule has 0 spiro atoms. The first-order chi connectivity index (χ1) is 11.6. The van der Waals surface area contributed by atoms with Gasteiger partial charge in [-0.1, -0.05) is 45.5 Å². The Bertz CT molecular complexity index is 888. The van der Waals surface area contributed by atoms with Gasteiger partial charge in [0.15, 0.2) is 11.0 Å². The maximum absolute atomic E-state index is 6.09. The van der Waals surface area contributed by atoms with Gasteiger partial charge in [0.1, 0.15) is 4.88 Å². The van der Waals surface area contributed by atoms with Crippen LogP contribution in [0.25, 0.3) is 10.7 Å². The summed E-state index contributed by atoms with van der Waals surface area (Å²) in [5, 5.41) is 15.0. The first-order valence-electron chi connectivity index (χ1n) is 7.44. The molecular weight excluding hydrogens is 385 g/mol. The fourth-order valence-corrected chi connectivity index (χ4v) is 4.31. The van der Waals surface area contributed by atoms with E-state index < -0.39 is 0 Å². The van der Waals surface area contributed by atoms with E-state index in [-0.39, 0.29) is 0 Å². The second kappa shape index (κ2) is 6.63. The molecular formula is C15H13Cl2N5S2. The van der Waals surface area contributed by atoms with Crippen molar-refractivity contribution in [3.8, 4) is 10.7 Å². The van der Waals surface area contributed by atoms with E-state index in [9.17, 15) is 0 Å². The predicted octanol–water partition coefficient (Wildman–Crippen LogP) is 5.04. The Balaban J connectivity index is 1.60. The summed E-state index contributed by atoms with van der Waals surface area (Å²) in [7, 11) is 0. The Morgan fingerprint density at radius 2 is 2.04 bits per heavy atom. The van der Waals surface area contributed by atoms with E-state index >= 15 is 0 Å². The molecule has 2 aromatic heterocycles. The number of aromatic nitrogens is 5. The van der Waals surface area contributed by atoms with E-state index in [0.29, 0.717) is 16.1 Å². The van der Waals surface area contributed by atoms with Crippen LogP contribution in [0.4, 0.5) is 0 Å². The summed E-state index contributed by atoms with van der Waals surface area (Å²) in [6.45, 7) is 1.95. The normalized spacial score (nSPS) is 14.3. The highest BCUT2D eigenvalue weighted by Crippen LogP contribution is 2.42. The second-order valence-corrected chi connectivity index (χ2v) is 8.14. The number of aryl methyl sites for hydroxylation is 1. The SMILES string of the molecule is Cc1nnsc1-c1nnc(SCc2ccc(Cl)c(Cl)c2)n1C1CC1. The third-order valence-corrected chi connectivity index (χ3v) is 6.36. The molecule has 0 N–H and O–H groups in total. The average molecular weight is 398 g/mol. The number of benzene rings is 1. The second-order valence-electron chi connectivity index (χ2n) is 5.63. The third-order valence-electron chi connectivity index (χ3n) is 3.78. The Labute approximate surface area is 157 Å². The summed E-state index contributed by atoms with van der Waals surface area (Å²) in [5.41, 5.74) is 2.01. The Morgan fingerprint density at radius 1 is 1.21 bits per heavy atom. The highest BCUT2D eigenvalue weighted by atomic mass is 35.5. The van der Waals surface area contributed by atoms with Crippen LogP contribution in [0.15, 0.2) is 23.4 Å². The van der Waals surface area contributed by atoms with Crippen LogP contribution in [0, 0.1) is 6.92 Å². The van der Waals surface area contributed by atoms with Gasteiger partial charge >= 0.3 is 0 Å². The molecule has 1 saturated carbocycles. The molecule has 1 fully saturated rings. The molecule has 0 aliphatic heterocycles. The van der Waals surface area contributed by atoms with Crippen LogP contribution >= 0.6 is 46.5 Å². The number of thioether (sulfide) groups is 1. The topological polar surface area (TPSA) is 56.5 Å². The lowest BCUT2D eigenvalue weighted by Crippen LogP contribution is -1.99. The van der Waals surface area contributed by atoms with E-state index in [1.54, 1.807) is 11.8 Å². The molecule has 1 aliphatic rings. The van der Waals surface area contributed by atoms with Crippen molar-refractivity contribution >= 4 is 46.5 Å². The molecule has 5 nitrogen and oxygen atoms in total. The van der Waals surface area contributed by atoms with E-state index in [1.165, 1.54) is 11.5 Å². The minimum Gasteiger partial charge on any atom is -0.298 e. The van der Waals surface area contributed by atoms with Crippen molar-refractivity contribution in [1.82, 2.24) is 24.4 Å². The molecule has 0 amide bonds. The molecule has 0 radical (unpaired) electrons. The van der Waals surface area contributed by atoms with Crippen molar-refractivity contribution in [3.63, 3.8) is 0 Å². The summed E-state index contributed by atoms with van der Waals surface area (Å²) in [5.74, 6) is 1.64. The minimum absolute atomic E-state index is 0.479. The molecule has 0 unspecified atom stereocenters. The average Bonchev–Trinajstić information content (AvgIpc) is 3.18. The predicted molar refractivity (Wildman–Crippen MR) is 98.0 cm³/mol. The lowest BCUT2D eigenvalue weighted by atomic mass is 10.2. The zero-order chi connectivity index (χ0) is 16.7. The Kier molecular flexibility index (Phi) is 4.51. The van der Waals surface area contributed by atoms with Crippen molar-refractivity contribution in [2.24, 2.45) is 0 Å². The zero-order valence-corrected chi connectivity index (χ0v) is 15.9. The molecule has 0 bridgehead atoms. The largest absolute Gasteiger partial charge is 0.298 e. The maximum Gasteiger partial charge on any atom is 0.192 e. The number of nitrogens with zero attached hydrogens (tertiary/aromatic N) is 5. The van der Waals surface area contributed by atoms with Gasteiger partial charge in [0.05, 0.1) is 15.7 Å². The van der Waals surface area contributed by atoms with Crippen molar-refractivity contribution in [1.29, 1.82) is 0 Å². The van der Waals surface area contributed by atoms with Crippen LogP contribution < -0.4 is 0 Å². The standard InChI is InChI=1S/C15H13Cl2N5S2/c1-8-13(24-21-18-8)14-19-20-15(22(14)10-3-4-10)23-7-9-2-5-11(16)12(17)6-9/h2,5-6,10H,3-4,7H2,1H3. The van der Waals surface area contributed by atoms with Crippen LogP contribution in [0.1, 0.15) is 30.1 Å². The molecule has 3 aromatic rings. The number of rotatable bonds is 5. The van der Waals surface area contributed by atoms with Crippen molar-refractivity contribution in [2.75, 3.05) is 0 Å². The highest BCUT2D eigenvalue weighted by Gasteiger charge is 2.31. The fourth-order valence-electron chi connectivity index (χ4n) is 2.41. The quantitative estimate of drug-likeness (QED) is 0.564. The van der Waals surface area contributed by atoms with Crippen LogP contribution in [-0.4, -0.2) is 24.4 Å². The van der Waals surface area contributed by atoms with Gasteiger partial charge in [-0.3, -0.25) is 4.57 Å². The highest BCUT2D eigenvalue weighted by molar-refractivity contribution is 7.98. The van der Waals surface area contributed by atoms with Gasteiger partial charge in [-0.15, -0.1) is 15.3 Å². The van der Waals surface area contributed by atoms with Crippen molar-refractivity contribution in [2.45, 2.75) is 36.7 Å². The van der Waals surface area contributed by atoms with Crippen molar-refractivity contribution < 1.29 is 0 Å². The van der Waals surface area contributed by atoms with Gasteiger partial charge in [0, 0.05) is 11.8 Å². The summed E-state index contributed by atoms with van der Waals surface area (Å²) >= 11 is 15.1. The van der Waals surface area contributed by atoms with E-state index in [0.717, 1.165) is 45.7 Å². The van der Waals surface area contributed by atoms with Gasteiger partial charge in [-0.25, -0.2) is 0 Å². The van der Waals surface area contributed by atoms with Crippen LogP contribution in [0.2, 0.25) is 10.0 Å².